The first kappa shape index (κ1) is 22.8. The molecule has 3 rings (SSSR count). The number of carbonyl (C=O) groups excluding carboxylic acids is 1. The number of fused-ring (bicyclic) bond motifs is 1. The van der Waals surface area contributed by atoms with E-state index in [1.54, 1.807) is 12.3 Å². The van der Waals surface area contributed by atoms with Crippen molar-refractivity contribution in [2.75, 3.05) is 6.54 Å². The van der Waals surface area contributed by atoms with Gasteiger partial charge in [-0.1, -0.05) is 0 Å². The van der Waals surface area contributed by atoms with Crippen LogP contribution in [0.2, 0.25) is 0 Å². The number of carboxylic acids is 1. The number of carbonyl (C=O) groups is 2. The summed E-state index contributed by atoms with van der Waals surface area (Å²) in [7, 11) is 1.90. The molecular weight excluding hydrogens is 405 g/mol. The third-order valence-electron chi connectivity index (χ3n) is 4.10. The molecule has 3 aromatic rings. The molecular formula is C18H21F3N6O3. The Kier molecular flexibility index (Phi) is 6.80. The average Bonchev–Trinajstić information content (AvgIpc) is 3.18. The zero-order valence-electron chi connectivity index (χ0n) is 16.8. The van der Waals surface area contributed by atoms with Gasteiger partial charge in [-0.15, -0.1) is 0 Å². The van der Waals surface area contributed by atoms with Crippen molar-refractivity contribution in [3.05, 3.63) is 40.9 Å². The van der Waals surface area contributed by atoms with Gasteiger partial charge in [0.2, 0.25) is 0 Å². The van der Waals surface area contributed by atoms with E-state index in [2.05, 4.69) is 25.3 Å². The van der Waals surface area contributed by atoms with Crippen molar-refractivity contribution in [3.8, 4) is 0 Å². The number of amides is 1. The monoisotopic (exact) mass is 426 g/mol. The van der Waals surface area contributed by atoms with Crippen molar-refractivity contribution in [2.45, 2.75) is 33.4 Å². The molecule has 0 atom stereocenters. The van der Waals surface area contributed by atoms with Gasteiger partial charge in [0, 0.05) is 37.6 Å². The van der Waals surface area contributed by atoms with E-state index < -0.39 is 12.1 Å². The highest BCUT2D eigenvalue weighted by Crippen LogP contribution is 2.18. The highest BCUT2D eigenvalue weighted by Gasteiger charge is 2.38. The maximum Gasteiger partial charge on any atom is 0.490 e. The summed E-state index contributed by atoms with van der Waals surface area (Å²) in [5.74, 6) is -1.18. The smallest absolute Gasteiger partial charge is 0.475 e. The van der Waals surface area contributed by atoms with Crippen molar-refractivity contribution in [1.82, 2.24) is 29.8 Å². The number of aromatic amines is 1. The molecule has 0 saturated carbocycles. The fraction of sp³-hybridized carbons (Fsp3) is 0.389. The van der Waals surface area contributed by atoms with Crippen molar-refractivity contribution in [1.29, 1.82) is 0 Å². The fourth-order valence-electron chi connectivity index (χ4n) is 2.56. The van der Waals surface area contributed by atoms with E-state index in [1.807, 2.05) is 32.4 Å². The molecule has 0 aliphatic rings. The van der Waals surface area contributed by atoms with E-state index in [0.717, 1.165) is 28.7 Å². The van der Waals surface area contributed by atoms with Crippen LogP contribution >= 0.6 is 0 Å². The summed E-state index contributed by atoms with van der Waals surface area (Å²) in [6.07, 6.45) is -2.58. The molecule has 0 spiro atoms. The number of aryl methyl sites for hydroxylation is 4. The largest absolute Gasteiger partial charge is 0.490 e. The van der Waals surface area contributed by atoms with Crippen LogP contribution < -0.4 is 5.32 Å². The van der Waals surface area contributed by atoms with Crippen LogP contribution in [0.25, 0.3) is 11.2 Å². The van der Waals surface area contributed by atoms with E-state index in [0.29, 0.717) is 24.0 Å². The van der Waals surface area contributed by atoms with Crippen molar-refractivity contribution in [3.63, 3.8) is 0 Å². The Hall–Kier alpha value is -3.44. The van der Waals surface area contributed by atoms with Crippen molar-refractivity contribution >= 4 is 23.0 Å². The zero-order valence-corrected chi connectivity index (χ0v) is 16.8. The van der Waals surface area contributed by atoms with Gasteiger partial charge in [0.05, 0.1) is 5.56 Å². The minimum atomic E-state index is -5.08. The molecule has 3 heterocycles. The number of aliphatic carboxylic acids is 1. The fourth-order valence-corrected chi connectivity index (χ4v) is 2.56. The van der Waals surface area contributed by atoms with Gasteiger partial charge in [-0.05, 0) is 26.8 Å². The number of rotatable bonds is 4. The quantitative estimate of drug-likeness (QED) is 0.587. The van der Waals surface area contributed by atoms with Crippen LogP contribution in [-0.4, -0.2) is 54.2 Å². The van der Waals surface area contributed by atoms with Gasteiger partial charge in [0.15, 0.2) is 5.65 Å². The molecule has 0 aromatic carbocycles. The molecule has 3 aromatic heterocycles. The van der Waals surface area contributed by atoms with Crippen molar-refractivity contribution in [2.24, 2.45) is 7.05 Å². The predicted molar refractivity (Wildman–Crippen MR) is 101 cm³/mol. The van der Waals surface area contributed by atoms with Crippen molar-refractivity contribution < 1.29 is 27.9 Å². The predicted octanol–water partition coefficient (Wildman–Crippen LogP) is 2.22. The number of halogens is 3. The lowest BCUT2D eigenvalue weighted by molar-refractivity contribution is -0.192. The Bertz CT molecular complexity index is 1070. The lowest BCUT2D eigenvalue weighted by Gasteiger charge is -2.06. The number of carboxylic acid groups (broad SMARTS) is 1. The Labute approximate surface area is 169 Å². The zero-order chi connectivity index (χ0) is 22.6. The number of H-pyrrole nitrogens is 1. The van der Waals surface area contributed by atoms with Crippen LogP contribution in [-0.2, 0) is 18.3 Å². The van der Waals surface area contributed by atoms with Crippen LogP contribution in [0.15, 0.2) is 12.3 Å². The SMILES string of the molecule is Cc1cc(C(=O)NCCc2cnc(C)[nH]2)c2nc(C)n(C)c2n1.O=C(O)C(F)(F)F. The Morgan fingerprint density at radius 2 is 1.87 bits per heavy atom. The summed E-state index contributed by atoms with van der Waals surface area (Å²) in [6.45, 7) is 6.22. The molecule has 30 heavy (non-hydrogen) atoms. The maximum absolute atomic E-state index is 12.5. The summed E-state index contributed by atoms with van der Waals surface area (Å²) in [4.78, 5) is 37.7. The average molecular weight is 426 g/mol. The third-order valence-corrected chi connectivity index (χ3v) is 4.10. The number of pyridine rings is 1. The van der Waals surface area contributed by atoms with Crippen LogP contribution in [0.5, 0.6) is 0 Å². The highest BCUT2D eigenvalue weighted by atomic mass is 19.4. The minimum absolute atomic E-state index is 0.130. The van der Waals surface area contributed by atoms with Crippen LogP contribution in [0.3, 0.4) is 0 Å². The molecule has 162 valence electrons. The summed E-state index contributed by atoms with van der Waals surface area (Å²) < 4.78 is 33.6. The van der Waals surface area contributed by atoms with Gasteiger partial charge in [0.25, 0.3) is 5.91 Å². The van der Waals surface area contributed by atoms with E-state index >= 15 is 0 Å². The molecule has 9 nitrogen and oxygen atoms in total. The number of nitrogens with zero attached hydrogens (tertiary/aromatic N) is 4. The van der Waals surface area contributed by atoms with E-state index in [-0.39, 0.29) is 5.91 Å². The molecule has 0 aliphatic heterocycles. The summed E-state index contributed by atoms with van der Waals surface area (Å²) >= 11 is 0. The summed E-state index contributed by atoms with van der Waals surface area (Å²) in [5, 5.41) is 10.1. The van der Waals surface area contributed by atoms with Gasteiger partial charge in [-0.2, -0.15) is 13.2 Å². The first-order chi connectivity index (χ1) is 13.9. The van der Waals surface area contributed by atoms with E-state index in [9.17, 15) is 18.0 Å². The van der Waals surface area contributed by atoms with Gasteiger partial charge >= 0.3 is 12.1 Å². The molecule has 0 saturated heterocycles. The first-order valence-electron chi connectivity index (χ1n) is 8.79. The molecule has 12 heteroatoms. The second-order valence-corrected chi connectivity index (χ2v) is 6.50. The number of hydrogen-bond acceptors (Lipinski definition) is 5. The number of imidazole rings is 2. The summed E-state index contributed by atoms with van der Waals surface area (Å²) in [5.41, 5.74) is 3.75. The standard InChI is InChI=1S/C16H20N6O.C2HF3O2/c1-9-7-13(14-15(19-9)22(4)11(3)21-14)16(23)17-6-5-12-8-18-10(2)20-12;3-2(4,5)1(6)7/h7-8H,5-6H2,1-4H3,(H,17,23)(H,18,20);(H,6,7). The molecule has 1 amide bonds. The second-order valence-electron chi connectivity index (χ2n) is 6.50. The normalized spacial score (nSPS) is 11.2. The van der Waals surface area contributed by atoms with Gasteiger partial charge in [-0.25, -0.2) is 19.7 Å². The van der Waals surface area contributed by atoms with Crippen LogP contribution in [0.4, 0.5) is 13.2 Å². The molecule has 0 aliphatic carbocycles. The number of nitrogens with one attached hydrogen (secondary N) is 2. The molecule has 0 radical (unpaired) electrons. The van der Waals surface area contributed by atoms with Crippen LogP contribution in [0.1, 0.15) is 33.4 Å². The first-order valence-corrected chi connectivity index (χ1v) is 8.79. The highest BCUT2D eigenvalue weighted by molar-refractivity contribution is 6.04. The third kappa shape index (κ3) is 5.55. The van der Waals surface area contributed by atoms with Gasteiger partial charge < -0.3 is 20.0 Å². The molecule has 0 bridgehead atoms. The Morgan fingerprint density at radius 3 is 2.40 bits per heavy atom. The number of hydrogen-bond donors (Lipinski definition) is 3. The molecule has 3 N–H and O–H groups in total. The number of alkyl halides is 3. The Morgan fingerprint density at radius 1 is 1.23 bits per heavy atom. The van der Waals surface area contributed by atoms with Gasteiger partial charge in [0.1, 0.15) is 17.2 Å². The van der Waals surface area contributed by atoms with E-state index in [1.165, 1.54) is 0 Å². The topological polar surface area (TPSA) is 126 Å². The maximum atomic E-state index is 12.5. The molecule has 0 fully saturated rings. The second kappa shape index (κ2) is 8.93. The number of aromatic nitrogens is 5. The van der Waals surface area contributed by atoms with E-state index in [4.69, 9.17) is 9.90 Å². The summed E-state index contributed by atoms with van der Waals surface area (Å²) in [6, 6.07) is 1.78. The van der Waals surface area contributed by atoms with Crippen LogP contribution in [0, 0.1) is 20.8 Å². The molecule has 0 unspecified atom stereocenters. The van der Waals surface area contributed by atoms with Gasteiger partial charge in [-0.3, -0.25) is 4.79 Å². The lowest BCUT2D eigenvalue weighted by Crippen LogP contribution is -2.26. The lowest BCUT2D eigenvalue weighted by atomic mass is 10.2. The minimum Gasteiger partial charge on any atom is -0.475 e. The Balaban J connectivity index is 0.000000396.